The molecule has 2 N–H and O–H groups in total. The van der Waals surface area contributed by atoms with Crippen LogP contribution in [0.25, 0.3) is 0 Å². The fourth-order valence-corrected chi connectivity index (χ4v) is 1.58. The molecule has 0 saturated carbocycles. The van der Waals surface area contributed by atoms with Crippen molar-refractivity contribution in [3.63, 3.8) is 0 Å². The van der Waals surface area contributed by atoms with E-state index in [0.29, 0.717) is 6.08 Å². The van der Waals surface area contributed by atoms with Crippen molar-refractivity contribution in [2.45, 2.75) is 0 Å². The standard InChI is InChI=1S/C12H6O6/c13-5-1-2-7(14)6(3-5)10-8(15)4-9(16)11(17)12(10)18/h1-4,16,18H. The van der Waals surface area contributed by atoms with Gasteiger partial charge in [-0.2, -0.15) is 0 Å². The van der Waals surface area contributed by atoms with Gasteiger partial charge in [0.25, 0.3) is 5.78 Å². The molecule has 0 heterocycles. The first-order valence-corrected chi connectivity index (χ1v) is 4.83. The Morgan fingerprint density at radius 3 is 2.17 bits per heavy atom. The van der Waals surface area contributed by atoms with Gasteiger partial charge in [0.1, 0.15) is 0 Å². The van der Waals surface area contributed by atoms with Crippen LogP contribution in [0, 0.1) is 0 Å². The molecule has 6 nitrogen and oxygen atoms in total. The van der Waals surface area contributed by atoms with Crippen LogP contribution in [0.4, 0.5) is 0 Å². The highest BCUT2D eigenvalue weighted by atomic mass is 16.3. The first-order chi connectivity index (χ1) is 8.41. The second-order valence-corrected chi connectivity index (χ2v) is 3.60. The second kappa shape index (κ2) is 3.92. The van der Waals surface area contributed by atoms with Gasteiger partial charge in [-0.15, -0.1) is 0 Å². The Hall–Kier alpha value is -2.76. The van der Waals surface area contributed by atoms with Gasteiger partial charge in [0.2, 0.25) is 0 Å². The molecule has 2 aliphatic carbocycles. The van der Waals surface area contributed by atoms with E-state index in [0.717, 1.165) is 18.2 Å². The van der Waals surface area contributed by atoms with Crippen molar-refractivity contribution in [2.24, 2.45) is 0 Å². The van der Waals surface area contributed by atoms with Crippen molar-refractivity contribution in [2.75, 3.05) is 0 Å². The summed E-state index contributed by atoms with van der Waals surface area (Å²) in [5.41, 5.74) is -0.928. The van der Waals surface area contributed by atoms with Crippen LogP contribution >= 0.6 is 0 Å². The van der Waals surface area contributed by atoms with E-state index in [-0.39, 0.29) is 5.57 Å². The Balaban J connectivity index is 2.58. The average molecular weight is 246 g/mol. The molecule has 0 amide bonds. The van der Waals surface area contributed by atoms with Crippen molar-refractivity contribution in [1.82, 2.24) is 0 Å². The lowest BCUT2D eigenvalue weighted by Gasteiger charge is -2.14. The zero-order valence-corrected chi connectivity index (χ0v) is 8.84. The Bertz CT molecular complexity index is 627. The summed E-state index contributed by atoms with van der Waals surface area (Å²) < 4.78 is 0. The minimum atomic E-state index is -1.17. The van der Waals surface area contributed by atoms with Crippen molar-refractivity contribution in [3.8, 4) is 0 Å². The number of allylic oxidation sites excluding steroid dienone is 6. The van der Waals surface area contributed by atoms with E-state index in [1.807, 2.05) is 0 Å². The van der Waals surface area contributed by atoms with E-state index in [4.69, 9.17) is 5.11 Å². The number of hydrogen-bond acceptors (Lipinski definition) is 6. The fourth-order valence-electron chi connectivity index (χ4n) is 1.58. The molecule has 2 rings (SSSR count). The van der Waals surface area contributed by atoms with Crippen LogP contribution in [-0.4, -0.2) is 33.3 Å². The molecule has 0 fully saturated rings. The summed E-state index contributed by atoms with van der Waals surface area (Å²) >= 11 is 0. The van der Waals surface area contributed by atoms with Gasteiger partial charge in [-0.25, -0.2) is 0 Å². The minimum Gasteiger partial charge on any atom is -0.504 e. The molecule has 0 aromatic rings. The van der Waals surface area contributed by atoms with Crippen LogP contribution in [0.2, 0.25) is 0 Å². The molecular formula is C12H6O6. The lowest BCUT2D eigenvalue weighted by Crippen LogP contribution is -2.23. The largest absolute Gasteiger partial charge is 0.504 e. The van der Waals surface area contributed by atoms with E-state index in [1.165, 1.54) is 0 Å². The minimum absolute atomic E-state index is 0.359. The zero-order chi connectivity index (χ0) is 13.4. The fraction of sp³-hybridized carbons (Fsp3) is 0. The maximum absolute atomic E-state index is 11.6. The highest BCUT2D eigenvalue weighted by Gasteiger charge is 2.33. The molecule has 0 radical (unpaired) electrons. The van der Waals surface area contributed by atoms with Gasteiger partial charge in [0.05, 0.1) is 5.57 Å². The van der Waals surface area contributed by atoms with E-state index in [1.54, 1.807) is 0 Å². The molecule has 0 aromatic carbocycles. The normalized spacial score (nSPS) is 20.2. The van der Waals surface area contributed by atoms with Gasteiger partial charge >= 0.3 is 0 Å². The van der Waals surface area contributed by atoms with Crippen molar-refractivity contribution in [1.29, 1.82) is 0 Å². The van der Waals surface area contributed by atoms with Gasteiger partial charge in [-0.05, 0) is 18.2 Å². The number of rotatable bonds is 1. The molecular weight excluding hydrogens is 240 g/mol. The molecule has 18 heavy (non-hydrogen) atoms. The summed E-state index contributed by atoms with van der Waals surface area (Å²) in [5, 5.41) is 18.6. The molecule has 0 spiro atoms. The van der Waals surface area contributed by atoms with Gasteiger partial charge in [-0.1, -0.05) is 0 Å². The summed E-state index contributed by atoms with van der Waals surface area (Å²) in [5.74, 6) is -5.24. The average Bonchev–Trinajstić information content (AvgIpc) is 2.31. The molecule has 0 aromatic heterocycles. The quantitative estimate of drug-likeness (QED) is 0.631. The molecule has 0 aliphatic heterocycles. The smallest absolute Gasteiger partial charge is 0.262 e. The van der Waals surface area contributed by atoms with Crippen molar-refractivity contribution >= 4 is 23.1 Å². The van der Waals surface area contributed by atoms with Crippen LogP contribution in [0.15, 0.2) is 47.0 Å². The Kier molecular flexibility index (Phi) is 2.55. The van der Waals surface area contributed by atoms with Gasteiger partial charge < -0.3 is 10.2 Å². The third-order valence-electron chi connectivity index (χ3n) is 2.42. The number of hydrogen-bond donors (Lipinski definition) is 2. The van der Waals surface area contributed by atoms with Crippen LogP contribution in [0.3, 0.4) is 0 Å². The third-order valence-corrected chi connectivity index (χ3v) is 2.42. The second-order valence-electron chi connectivity index (χ2n) is 3.60. The van der Waals surface area contributed by atoms with Crippen LogP contribution in [0.1, 0.15) is 0 Å². The first kappa shape index (κ1) is 11.7. The van der Waals surface area contributed by atoms with E-state index in [2.05, 4.69) is 0 Å². The van der Waals surface area contributed by atoms with Gasteiger partial charge in [0, 0.05) is 11.6 Å². The lowest BCUT2D eigenvalue weighted by molar-refractivity contribution is -0.120. The number of aliphatic hydroxyl groups is 2. The third kappa shape index (κ3) is 1.69. The SMILES string of the molecule is O=C1C=CC(=O)C(C2=C(O)C(=O)C(O)=CC2=O)=C1. The molecule has 0 unspecified atom stereocenters. The van der Waals surface area contributed by atoms with Crippen LogP contribution in [0.5, 0.6) is 0 Å². The summed E-state index contributed by atoms with van der Waals surface area (Å²) in [7, 11) is 0. The highest BCUT2D eigenvalue weighted by Crippen LogP contribution is 2.25. The zero-order valence-electron chi connectivity index (χ0n) is 8.84. The Morgan fingerprint density at radius 1 is 0.833 bits per heavy atom. The number of ketones is 4. The van der Waals surface area contributed by atoms with Gasteiger partial charge in [-0.3, -0.25) is 19.2 Å². The van der Waals surface area contributed by atoms with Gasteiger partial charge in [0.15, 0.2) is 28.9 Å². The van der Waals surface area contributed by atoms with Crippen molar-refractivity contribution < 1.29 is 29.4 Å². The predicted molar refractivity (Wildman–Crippen MR) is 57.6 cm³/mol. The molecule has 2 aliphatic rings. The maximum atomic E-state index is 11.6. The first-order valence-electron chi connectivity index (χ1n) is 4.83. The molecule has 0 bridgehead atoms. The van der Waals surface area contributed by atoms with Crippen LogP contribution < -0.4 is 0 Å². The molecule has 0 saturated heterocycles. The molecule has 0 atom stereocenters. The highest BCUT2D eigenvalue weighted by molar-refractivity contribution is 6.30. The monoisotopic (exact) mass is 246 g/mol. The number of aliphatic hydroxyl groups excluding tert-OH is 2. The summed E-state index contributed by atoms with van der Waals surface area (Å²) in [6.07, 6.45) is 3.39. The summed E-state index contributed by atoms with van der Waals surface area (Å²) in [6, 6.07) is 0. The number of carbonyl (C=O) groups excluding carboxylic acids is 4. The summed E-state index contributed by atoms with van der Waals surface area (Å²) in [4.78, 5) is 45.5. The Labute approximate surface area is 100 Å². The van der Waals surface area contributed by atoms with E-state index < -0.39 is 40.2 Å². The lowest BCUT2D eigenvalue weighted by atomic mass is 9.88. The van der Waals surface area contributed by atoms with Crippen molar-refractivity contribution in [3.05, 3.63) is 47.0 Å². The predicted octanol–water partition coefficient (Wildman–Crippen LogP) is 0.0266. The molecule has 90 valence electrons. The topological polar surface area (TPSA) is 109 Å². The summed E-state index contributed by atoms with van der Waals surface area (Å²) in [6.45, 7) is 0. The van der Waals surface area contributed by atoms with E-state index in [9.17, 15) is 24.3 Å². The van der Waals surface area contributed by atoms with Crippen LogP contribution in [-0.2, 0) is 19.2 Å². The number of carbonyl (C=O) groups is 4. The number of Topliss-reactive ketones (excluding diaryl/α,β-unsaturated/α-hetero) is 1. The maximum Gasteiger partial charge on any atom is 0.262 e. The Morgan fingerprint density at radius 2 is 1.50 bits per heavy atom. The molecule has 6 heteroatoms. The van der Waals surface area contributed by atoms with E-state index >= 15 is 0 Å².